The van der Waals surface area contributed by atoms with Crippen LogP contribution in [0, 0.1) is 10.1 Å². The summed E-state index contributed by atoms with van der Waals surface area (Å²) < 4.78 is 10.5. The average molecular weight is 344 g/mol. The SMILES string of the molecule is COc1ccc(N[C@H](c2ccc([N+](=O)[O-])cc2)[C@H](OC)C(C)=O)cc1. The fourth-order valence-corrected chi connectivity index (χ4v) is 2.54. The van der Waals surface area contributed by atoms with Crippen LogP contribution in [0.25, 0.3) is 0 Å². The molecule has 0 aliphatic heterocycles. The number of anilines is 1. The summed E-state index contributed by atoms with van der Waals surface area (Å²) in [5, 5.41) is 14.1. The molecule has 2 rings (SSSR count). The topological polar surface area (TPSA) is 90.7 Å². The van der Waals surface area contributed by atoms with Crippen LogP contribution in [0.1, 0.15) is 18.5 Å². The van der Waals surface area contributed by atoms with Crippen LogP contribution >= 0.6 is 0 Å². The first-order valence-electron chi connectivity index (χ1n) is 7.64. The Balaban J connectivity index is 2.34. The molecule has 1 N–H and O–H groups in total. The predicted molar refractivity (Wildman–Crippen MR) is 93.9 cm³/mol. The van der Waals surface area contributed by atoms with Gasteiger partial charge in [0.2, 0.25) is 0 Å². The monoisotopic (exact) mass is 344 g/mol. The fraction of sp³-hybridized carbons (Fsp3) is 0.278. The van der Waals surface area contributed by atoms with Gasteiger partial charge in [0.05, 0.1) is 18.1 Å². The van der Waals surface area contributed by atoms with Crippen LogP contribution in [-0.2, 0) is 9.53 Å². The van der Waals surface area contributed by atoms with Crippen molar-refractivity contribution < 1.29 is 19.2 Å². The lowest BCUT2D eigenvalue weighted by atomic mass is 9.98. The van der Waals surface area contributed by atoms with Gasteiger partial charge in [0.25, 0.3) is 5.69 Å². The third kappa shape index (κ3) is 4.54. The van der Waals surface area contributed by atoms with Crippen molar-refractivity contribution in [2.45, 2.75) is 19.1 Å². The minimum absolute atomic E-state index is 0.0104. The number of hydrogen-bond acceptors (Lipinski definition) is 6. The Hall–Kier alpha value is -2.93. The maximum Gasteiger partial charge on any atom is 0.269 e. The normalized spacial score (nSPS) is 12.9. The van der Waals surface area contributed by atoms with Crippen molar-refractivity contribution in [3.63, 3.8) is 0 Å². The van der Waals surface area contributed by atoms with Gasteiger partial charge in [0.15, 0.2) is 5.78 Å². The van der Waals surface area contributed by atoms with Gasteiger partial charge in [-0.05, 0) is 36.8 Å². The highest BCUT2D eigenvalue weighted by Gasteiger charge is 2.27. The molecule has 0 aliphatic carbocycles. The van der Waals surface area contributed by atoms with Crippen LogP contribution in [0.3, 0.4) is 0 Å². The molecule has 0 amide bonds. The van der Waals surface area contributed by atoms with Crippen LogP contribution in [0.15, 0.2) is 48.5 Å². The minimum atomic E-state index is -0.733. The summed E-state index contributed by atoms with van der Waals surface area (Å²) in [6.07, 6.45) is -0.733. The molecule has 7 heteroatoms. The Morgan fingerprint density at radius 1 is 1.08 bits per heavy atom. The molecule has 0 saturated heterocycles. The Bertz CT molecular complexity index is 728. The van der Waals surface area contributed by atoms with Gasteiger partial charge >= 0.3 is 0 Å². The third-order valence-electron chi connectivity index (χ3n) is 3.83. The average Bonchev–Trinajstić information content (AvgIpc) is 2.62. The summed E-state index contributed by atoms with van der Waals surface area (Å²) in [6.45, 7) is 1.45. The van der Waals surface area contributed by atoms with Gasteiger partial charge in [0, 0.05) is 24.9 Å². The first-order chi connectivity index (χ1) is 12.0. The molecule has 25 heavy (non-hydrogen) atoms. The maximum absolute atomic E-state index is 12.0. The van der Waals surface area contributed by atoms with Crippen LogP contribution in [-0.4, -0.2) is 31.0 Å². The summed E-state index contributed by atoms with van der Waals surface area (Å²) in [6, 6.07) is 12.8. The molecular formula is C18H20N2O5. The molecule has 0 fully saturated rings. The van der Waals surface area contributed by atoms with Crippen LogP contribution < -0.4 is 10.1 Å². The van der Waals surface area contributed by atoms with Crippen molar-refractivity contribution in [1.82, 2.24) is 0 Å². The van der Waals surface area contributed by atoms with E-state index in [4.69, 9.17) is 9.47 Å². The zero-order valence-corrected chi connectivity index (χ0v) is 14.3. The Morgan fingerprint density at radius 2 is 1.68 bits per heavy atom. The fourth-order valence-electron chi connectivity index (χ4n) is 2.54. The number of nitrogens with zero attached hydrogens (tertiary/aromatic N) is 1. The minimum Gasteiger partial charge on any atom is -0.497 e. The lowest BCUT2D eigenvalue weighted by molar-refractivity contribution is -0.384. The molecule has 0 aromatic heterocycles. The van der Waals surface area contributed by atoms with E-state index in [2.05, 4.69) is 5.32 Å². The molecule has 7 nitrogen and oxygen atoms in total. The zero-order chi connectivity index (χ0) is 18.4. The highest BCUT2D eigenvalue weighted by atomic mass is 16.6. The van der Waals surface area contributed by atoms with Gasteiger partial charge < -0.3 is 14.8 Å². The van der Waals surface area contributed by atoms with Crippen molar-refractivity contribution in [2.75, 3.05) is 19.5 Å². The summed E-state index contributed by atoms with van der Waals surface area (Å²) in [7, 11) is 3.04. The highest BCUT2D eigenvalue weighted by molar-refractivity contribution is 5.82. The number of non-ortho nitro benzene ring substituents is 1. The van der Waals surface area contributed by atoms with E-state index in [0.717, 1.165) is 5.69 Å². The van der Waals surface area contributed by atoms with Crippen LogP contribution in [0.4, 0.5) is 11.4 Å². The standard InChI is InChI=1S/C18H20N2O5/c1-12(21)18(25-3)17(13-4-8-15(9-5-13)20(22)23)19-14-6-10-16(24-2)11-7-14/h4-11,17-19H,1-3H3/t17-,18-/m1/s1. The van der Waals surface area contributed by atoms with Gasteiger partial charge in [-0.15, -0.1) is 0 Å². The zero-order valence-electron chi connectivity index (χ0n) is 14.3. The molecule has 0 bridgehead atoms. The van der Waals surface area contributed by atoms with Gasteiger partial charge in [-0.1, -0.05) is 12.1 Å². The molecule has 132 valence electrons. The number of nitrogens with one attached hydrogen (secondary N) is 1. The predicted octanol–water partition coefficient (Wildman–Crippen LogP) is 3.36. The summed E-state index contributed by atoms with van der Waals surface area (Å²) in [5.74, 6) is 0.569. The Labute approximate surface area is 145 Å². The van der Waals surface area contributed by atoms with Gasteiger partial charge in [0.1, 0.15) is 11.9 Å². The number of nitro groups is 1. The first kappa shape index (κ1) is 18.4. The smallest absolute Gasteiger partial charge is 0.269 e. The molecule has 2 atom stereocenters. The lowest BCUT2D eigenvalue weighted by Gasteiger charge is -2.26. The van der Waals surface area contributed by atoms with Crippen molar-refractivity contribution in [2.24, 2.45) is 0 Å². The molecule has 2 aromatic carbocycles. The van der Waals surface area contributed by atoms with Crippen molar-refractivity contribution in [1.29, 1.82) is 0 Å². The molecular weight excluding hydrogens is 324 g/mol. The molecule has 0 radical (unpaired) electrons. The summed E-state index contributed by atoms with van der Waals surface area (Å²) in [4.78, 5) is 22.3. The van der Waals surface area contributed by atoms with E-state index in [-0.39, 0.29) is 11.5 Å². The highest BCUT2D eigenvalue weighted by Crippen LogP contribution is 2.27. The number of nitro benzene ring substituents is 1. The number of hydrogen-bond donors (Lipinski definition) is 1. The Kier molecular flexibility index (Phi) is 6.08. The summed E-state index contributed by atoms with van der Waals surface area (Å²) >= 11 is 0. The second-order valence-corrected chi connectivity index (χ2v) is 5.47. The van der Waals surface area contributed by atoms with Gasteiger partial charge in [-0.2, -0.15) is 0 Å². The van der Waals surface area contributed by atoms with Crippen LogP contribution in [0.2, 0.25) is 0 Å². The van der Waals surface area contributed by atoms with E-state index < -0.39 is 17.1 Å². The number of rotatable bonds is 8. The molecule has 2 aromatic rings. The second-order valence-electron chi connectivity index (χ2n) is 5.47. The van der Waals surface area contributed by atoms with Gasteiger partial charge in [-0.3, -0.25) is 14.9 Å². The lowest BCUT2D eigenvalue weighted by Crippen LogP contribution is -2.33. The number of Topliss-reactive ketones (excluding diaryl/α,β-unsaturated/α-hetero) is 1. The number of ether oxygens (including phenoxy) is 2. The maximum atomic E-state index is 12.0. The number of methoxy groups -OCH3 is 2. The van der Waals surface area contributed by atoms with E-state index in [0.29, 0.717) is 11.3 Å². The van der Waals surface area contributed by atoms with Crippen molar-refractivity contribution in [3.8, 4) is 5.75 Å². The quantitative estimate of drug-likeness (QED) is 0.583. The largest absolute Gasteiger partial charge is 0.497 e. The number of carbonyl (C=O) groups excluding carboxylic acids is 1. The molecule has 0 unspecified atom stereocenters. The van der Waals surface area contributed by atoms with Crippen molar-refractivity contribution >= 4 is 17.2 Å². The van der Waals surface area contributed by atoms with E-state index in [1.165, 1.54) is 26.2 Å². The Morgan fingerprint density at radius 3 is 2.12 bits per heavy atom. The number of benzene rings is 2. The summed E-state index contributed by atoms with van der Waals surface area (Å²) in [5.41, 5.74) is 1.47. The van der Waals surface area contributed by atoms with Crippen molar-refractivity contribution in [3.05, 3.63) is 64.2 Å². The third-order valence-corrected chi connectivity index (χ3v) is 3.83. The molecule has 0 spiro atoms. The second kappa shape index (κ2) is 8.25. The van der Waals surface area contributed by atoms with E-state index in [9.17, 15) is 14.9 Å². The van der Waals surface area contributed by atoms with Crippen LogP contribution in [0.5, 0.6) is 5.75 Å². The first-order valence-corrected chi connectivity index (χ1v) is 7.64. The number of ketones is 1. The van der Waals surface area contributed by atoms with E-state index >= 15 is 0 Å². The molecule has 0 heterocycles. The van der Waals surface area contributed by atoms with E-state index in [1.54, 1.807) is 31.4 Å². The van der Waals surface area contributed by atoms with E-state index in [1.807, 2.05) is 12.1 Å². The molecule has 0 aliphatic rings. The van der Waals surface area contributed by atoms with Gasteiger partial charge in [-0.25, -0.2) is 0 Å². The molecule has 0 saturated carbocycles. The number of carbonyl (C=O) groups is 1.